The second-order valence-electron chi connectivity index (χ2n) is 3.91. The van der Waals surface area contributed by atoms with Crippen molar-refractivity contribution in [2.45, 2.75) is 0 Å². The third kappa shape index (κ3) is 1.73. The number of hydrogen-bond donors (Lipinski definition) is 1. The van der Waals surface area contributed by atoms with Gasteiger partial charge in [0.25, 0.3) is 5.89 Å². The number of aryl methyl sites for hydroxylation is 1. The van der Waals surface area contributed by atoms with E-state index in [1.807, 2.05) is 29.9 Å². The maximum Gasteiger partial charge on any atom is 0.258 e. The van der Waals surface area contributed by atoms with E-state index in [0.29, 0.717) is 23.2 Å². The van der Waals surface area contributed by atoms with Crippen LogP contribution in [0.5, 0.6) is 0 Å². The quantitative estimate of drug-likeness (QED) is 0.691. The highest BCUT2D eigenvalue weighted by Gasteiger charge is 2.13. The maximum absolute atomic E-state index is 5.72. The van der Waals surface area contributed by atoms with Crippen LogP contribution >= 0.6 is 0 Å². The van der Waals surface area contributed by atoms with E-state index in [9.17, 15) is 0 Å². The normalized spacial score (nSPS) is 10.7. The Morgan fingerprint density at radius 1 is 1.33 bits per heavy atom. The van der Waals surface area contributed by atoms with Gasteiger partial charge in [0.15, 0.2) is 5.82 Å². The van der Waals surface area contributed by atoms with Crippen LogP contribution in [0.3, 0.4) is 0 Å². The van der Waals surface area contributed by atoms with Gasteiger partial charge in [-0.3, -0.25) is 0 Å². The summed E-state index contributed by atoms with van der Waals surface area (Å²) in [6, 6.07) is 7.30. The number of anilines is 1. The number of nitrogen functional groups attached to an aromatic ring is 1. The molecular weight excluding hydrogens is 230 g/mol. The zero-order valence-electron chi connectivity index (χ0n) is 9.74. The van der Waals surface area contributed by atoms with E-state index in [2.05, 4.69) is 15.1 Å². The summed E-state index contributed by atoms with van der Waals surface area (Å²) in [6.45, 7) is 0. The number of hydrogen-bond acceptors (Lipinski definition) is 5. The van der Waals surface area contributed by atoms with Crippen LogP contribution in [0.15, 0.2) is 41.2 Å². The molecule has 6 heteroatoms. The summed E-state index contributed by atoms with van der Waals surface area (Å²) >= 11 is 0. The number of nitrogens with two attached hydrogens (primary N) is 1. The molecular formula is C12H11N5O. The summed E-state index contributed by atoms with van der Waals surface area (Å²) in [7, 11) is 1.87. The SMILES string of the molecule is Cn1ccnc1-c1noc(-c2cccc(N)c2)n1. The molecule has 0 fully saturated rings. The molecule has 0 atom stereocenters. The van der Waals surface area contributed by atoms with Crippen LogP contribution in [0.25, 0.3) is 23.1 Å². The van der Waals surface area contributed by atoms with Crippen LogP contribution in [0.2, 0.25) is 0 Å². The molecule has 0 saturated heterocycles. The zero-order valence-corrected chi connectivity index (χ0v) is 9.74. The highest BCUT2D eigenvalue weighted by molar-refractivity contribution is 5.61. The van der Waals surface area contributed by atoms with Crippen LogP contribution in [0, 0.1) is 0 Å². The molecule has 90 valence electrons. The van der Waals surface area contributed by atoms with Crippen LogP contribution in [0.1, 0.15) is 0 Å². The molecule has 0 aliphatic carbocycles. The molecule has 0 amide bonds. The number of aromatic nitrogens is 4. The van der Waals surface area contributed by atoms with Crippen molar-refractivity contribution in [1.82, 2.24) is 19.7 Å². The van der Waals surface area contributed by atoms with Crippen LogP contribution in [0.4, 0.5) is 5.69 Å². The second kappa shape index (κ2) is 3.99. The molecule has 0 spiro atoms. The van der Waals surface area contributed by atoms with Gasteiger partial charge in [0.1, 0.15) is 0 Å². The minimum atomic E-state index is 0.431. The standard InChI is InChI=1S/C12H11N5O/c1-17-6-5-14-11(17)10-15-12(18-16-10)8-3-2-4-9(13)7-8/h2-7H,13H2,1H3. The van der Waals surface area contributed by atoms with E-state index in [0.717, 1.165) is 5.56 Å². The van der Waals surface area contributed by atoms with Gasteiger partial charge in [0.2, 0.25) is 5.82 Å². The summed E-state index contributed by atoms with van der Waals surface area (Å²) in [6.07, 6.45) is 3.51. The number of nitrogens with zero attached hydrogens (tertiary/aromatic N) is 4. The minimum Gasteiger partial charge on any atom is -0.399 e. The van der Waals surface area contributed by atoms with Gasteiger partial charge in [-0.2, -0.15) is 4.98 Å². The lowest BCUT2D eigenvalue weighted by molar-refractivity contribution is 0.431. The Bertz CT molecular complexity index is 685. The highest BCUT2D eigenvalue weighted by Crippen LogP contribution is 2.22. The Morgan fingerprint density at radius 2 is 2.22 bits per heavy atom. The first-order valence-electron chi connectivity index (χ1n) is 5.41. The molecule has 0 aliphatic heterocycles. The van der Waals surface area contributed by atoms with Gasteiger partial charge in [-0.1, -0.05) is 11.2 Å². The zero-order chi connectivity index (χ0) is 12.5. The highest BCUT2D eigenvalue weighted by atomic mass is 16.5. The fraction of sp³-hybridized carbons (Fsp3) is 0.0833. The molecule has 3 rings (SSSR count). The second-order valence-corrected chi connectivity index (χ2v) is 3.91. The Labute approximate surface area is 103 Å². The van der Waals surface area contributed by atoms with E-state index >= 15 is 0 Å². The molecule has 2 heterocycles. The Kier molecular flexibility index (Phi) is 2.33. The lowest BCUT2D eigenvalue weighted by atomic mass is 10.2. The van der Waals surface area contributed by atoms with Gasteiger partial charge >= 0.3 is 0 Å². The molecule has 0 saturated carbocycles. The average Bonchev–Trinajstić information content (AvgIpc) is 2.97. The molecule has 18 heavy (non-hydrogen) atoms. The van der Waals surface area contributed by atoms with Crippen molar-refractivity contribution < 1.29 is 4.52 Å². The topological polar surface area (TPSA) is 82.8 Å². The molecule has 0 radical (unpaired) electrons. The third-order valence-electron chi connectivity index (χ3n) is 2.58. The summed E-state index contributed by atoms with van der Waals surface area (Å²) < 4.78 is 7.04. The third-order valence-corrected chi connectivity index (χ3v) is 2.58. The van der Waals surface area contributed by atoms with Crippen molar-refractivity contribution in [3.05, 3.63) is 36.7 Å². The summed E-state index contributed by atoms with van der Waals surface area (Å²) in [5.41, 5.74) is 7.17. The first-order valence-corrected chi connectivity index (χ1v) is 5.41. The van der Waals surface area contributed by atoms with Gasteiger partial charge in [0.05, 0.1) is 0 Å². The van der Waals surface area contributed by atoms with Crippen molar-refractivity contribution in [2.24, 2.45) is 7.05 Å². The molecule has 3 aromatic rings. The molecule has 0 aliphatic rings. The van der Waals surface area contributed by atoms with Gasteiger partial charge in [0, 0.05) is 30.7 Å². The Hall–Kier alpha value is -2.63. The van der Waals surface area contributed by atoms with Gasteiger partial charge < -0.3 is 14.8 Å². The van der Waals surface area contributed by atoms with Crippen LogP contribution in [-0.2, 0) is 7.05 Å². The number of benzene rings is 1. The van der Waals surface area contributed by atoms with E-state index in [4.69, 9.17) is 10.3 Å². The van der Waals surface area contributed by atoms with Crippen molar-refractivity contribution in [2.75, 3.05) is 5.73 Å². The molecule has 1 aromatic carbocycles. The fourth-order valence-corrected chi connectivity index (χ4v) is 1.68. The first kappa shape index (κ1) is 10.5. The van der Waals surface area contributed by atoms with Crippen molar-refractivity contribution in [3.8, 4) is 23.1 Å². The van der Waals surface area contributed by atoms with E-state index < -0.39 is 0 Å². The van der Waals surface area contributed by atoms with E-state index in [1.54, 1.807) is 18.3 Å². The van der Waals surface area contributed by atoms with Crippen molar-refractivity contribution >= 4 is 5.69 Å². The molecule has 0 bridgehead atoms. The largest absolute Gasteiger partial charge is 0.399 e. The monoisotopic (exact) mass is 241 g/mol. The minimum absolute atomic E-state index is 0.431. The number of rotatable bonds is 2. The lowest BCUT2D eigenvalue weighted by Gasteiger charge is -1.95. The molecule has 2 N–H and O–H groups in total. The number of imidazole rings is 1. The predicted octanol–water partition coefficient (Wildman–Crippen LogP) is 1.72. The van der Waals surface area contributed by atoms with Gasteiger partial charge in [-0.05, 0) is 18.2 Å². The summed E-state index contributed by atoms with van der Waals surface area (Å²) in [5.74, 6) is 1.55. The smallest absolute Gasteiger partial charge is 0.258 e. The lowest BCUT2D eigenvalue weighted by Crippen LogP contribution is -1.92. The molecule has 2 aromatic heterocycles. The van der Waals surface area contributed by atoms with Gasteiger partial charge in [-0.15, -0.1) is 0 Å². The molecule has 0 unspecified atom stereocenters. The van der Waals surface area contributed by atoms with Crippen LogP contribution < -0.4 is 5.73 Å². The molecule has 6 nitrogen and oxygen atoms in total. The Balaban J connectivity index is 2.02. The Morgan fingerprint density at radius 3 is 2.94 bits per heavy atom. The van der Waals surface area contributed by atoms with Crippen molar-refractivity contribution in [3.63, 3.8) is 0 Å². The summed E-state index contributed by atoms with van der Waals surface area (Å²) in [5, 5.41) is 3.92. The van der Waals surface area contributed by atoms with Gasteiger partial charge in [-0.25, -0.2) is 4.98 Å². The van der Waals surface area contributed by atoms with Crippen molar-refractivity contribution in [1.29, 1.82) is 0 Å². The van der Waals surface area contributed by atoms with E-state index in [1.165, 1.54) is 0 Å². The predicted molar refractivity (Wildman–Crippen MR) is 66.3 cm³/mol. The fourth-order valence-electron chi connectivity index (χ4n) is 1.68. The summed E-state index contributed by atoms with van der Waals surface area (Å²) in [4.78, 5) is 8.47. The van der Waals surface area contributed by atoms with Crippen LogP contribution in [-0.4, -0.2) is 19.7 Å². The maximum atomic E-state index is 5.72. The first-order chi connectivity index (χ1) is 8.74. The average molecular weight is 241 g/mol. The van der Waals surface area contributed by atoms with E-state index in [-0.39, 0.29) is 0 Å².